The first-order valence-corrected chi connectivity index (χ1v) is 7.51. The van der Waals surface area contributed by atoms with Gasteiger partial charge in [0.2, 0.25) is 0 Å². The Balaban J connectivity index is 0.000000171. The van der Waals surface area contributed by atoms with E-state index in [0.717, 1.165) is 17.8 Å². The van der Waals surface area contributed by atoms with E-state index in [9.17, 15) is 0 Å². The Morgan fingerprint density at radius 3 is 1.76 bits per heavy atom. The molecular weight excluding hydrogens is 208 g/mol. The van der Waals surface area contributed by atoms with Crippen LogP contribution in [0.3, 0.4) is 0 Å². The van der Waals surface area contributed by atoms with Crippen molar-refractivity contribution in [2.45, 2.75) is 77.8 Å². The highest BCUT2D eigenvalue weighted by atomic mass is 14.7. The summed E-state index contributed by atoms with van der Waals surface area (Å²) in [5.74, 6) is 2.54. The van der Waals surface area contributed by atoms with Crippen LogP contribution >= 0.6 is 0 Å². The summed E-state index contributed by atoms with van der Waals surface area (Å²) >= 11 is 0. The Morgan fingerprint density at radius 1 is 0.765 bits per heavy atom. The lowest BCUT2D eigenvalue weighted by molar-refractivity contribution is 0.240. The lowest BCUT2D eigenvalue weighted by Gasteiger charge is -2.31. The molecule has 4 N–H and O–H groups in total. The predicted molar refractivity (Wildman–Crippen MR) is 75.8 cm³/mol. The van der Waals surface area contributed by atoms with E-state index in [1.165, 1.54) is 44.9 Å². The molecule has 0 aromatic carbocycles. The Morgan fingerprint density at radius 2 is 1.35 bits per heavy atom. The van der Waals surface area contributed by atoms with Gasteiger partial charge in [0.1, 0.15) is 0 Å². The van der Waals surface area contributed by atoms with Crippen LogP contribution in [0.4, 0.5) is 0 Å². The maximum Gasteiger partial charge on any atom is 0.00670 e. The molecule has 0 saturated heterocycles. The molecule has 2 nitrogen and oxygen atoms in total. The molecule has 17 heavy (non-hydrogen) atoms. The van der Waals surface area contributed by atoms with Gasteiger partial charge in [0.15, 0.2) is 0 Å². The van der Waals surface area contributed by atoms with Crippen molar-refractivity contribution < 1.29 is 0 Å². The average molecular weight is 240 g/mol. The van der Waals surface area contributed by atoms with Crippen LogP contribution in [-0.4, -0.2) is 12.1 Å². The first-order valence-electron chi connectivity index (χ1n) is 7.51. The smallest absolute Gasteiger partial charge is 0.00670 e. The van der Waals surface area contributed by atoms with Gasteiger partial charge in [-0.1, -0.05) is 33.6 Å². The lowest BCUT2D eigenvalue weighted by Crippen LogP contribution is -2.35. The van der Waals surface area contributed by atoms with E-state index in [1.54, 1.807) is 0 Å². The maximum atomic E-state index is 5.87. The summed E-state index contributed by atoms with van der Waals surface area (Å²) in [5.41, 5.74) is 11.6. The molecule has 3 unspecified atom stereocenters. The first kappa shape index (κ1) is 15.0. The van der Waals surface area contributed by atoms with Crippen molar-refractivity contribution in [3.63, 3.8) is 0 Å². The van der Waals surface area contributed by atoms with Gasteiger partial charge in [-0.15, -0.1) is 0 Å². The monoisotopic (exact) mass is 240 g/mol. The van der Waals surface area contributed by atoms with E-state index in [1.807, 2.05) is 0 Å². The molecule has 2 rings (SSSR count). The normalized spacial score (nSPS) is 42.5. The van der Waals surface area contributed by atoms with Crippen LogP contribution in [0.15, 0.2) is 0 Å². The minimum absolute atomic E-state index is 0.480. The predicted octanol–water partition coefficient (Wildman–Crippen LogP) is 3.29. The molecule has 102 valence electrons. The third-order valence-corrected chi connectivity index (χ3v) is 4.83. The van der Waals surface area contributed by atoms with Gasteiger partial charge in [0, 0.05) is 12.1 Å². The fourth-order valence-corrected chi connectivity index (χ4v) is 2.91. The summed E-state index contributed by atoms with van der Waals surface area (Å²) in [7, 11) is 0. The van der Waals surface area contributed by atoms with Gasteiger partial charge in [0.05, 0.1) is 0 Å². The van der Waals surface area contributed by atoms with E-state index in [0.29, 0.717) is 12.1 Å². The van der Waals surface area contributed by atoms with Gasteiger partial charge in [-0.3, -0.25) is 0 Å². The van der Waals surface area contributed by atoms with Gasteiger partial charge >= 0.3 is 0 Å². The SMILES string of the molecule is CC1CCC(N)CC1.CC1CCCC(N)C1C. The van der Waals surface area contributed by atoms with Crippen molar-refractivity contribution in [3.05, 3.63) is 0 Å². The van der Waals surface area contributed by atoms with Crippen LogP contribution in [0.2, 0.25) is 0 Å². The zero-order valence-electron chi connectivity index (χ0n) is 12.0. The number of nitrogens with two attached hydrogens (primary N) is 2. The molecule has 2 saturated carbocycles. The lowest BCUT2D eigenvalue weighted by atomic mass is 9.78. The van der Waals surface area contributed by atoms with Crippen LogP contribution < -0.4 is 11.5 Å². The second-order valence-corrected chi connectivity index (χ2v) is 6.45. The van der Waals surface area contributed by atoms with E-state index < -0.39 is 0 Å². The fourth-order valence-electron chi connectivity index (χ4n) is 2.91. The summed E-state index contributed by atoms with van der Waals surface area (Å²) in [4.78, 5) is 0. The van der Waals surface area contributed by atoms with Crippen molar-refractivity contribution in [1.82, 2.24) is 0 Å². The first-order chi connectivity index (χ1) is 8.00. The van der Waals surface area contributed by atoms with Crippen LogP contribution in [0.5, 0.6) is 0 Å². The van der Waals surface area contributed by atoms with E-state index in [-0.39, 0.29) is 0 Å². The standard InChI is InChI=1S/C8H17N.C7H15N/c1-6-4-3-5-8(9)7(6)2;1-6-2-4-7(8)5-3-6/h6-8H,3-5,9H2,1-2H3;6-7H,2-5,8H2,1H3. The molecule has 0 spiro atoms. The highest BCUT2D eigenvalue weighted by molar-refractivity contribution is 4.78. The van der Waals surface area contributed by atoms with E-state index >= 15 is 0 Å². The third-order valence-electron chi connectivity index (χ3n) is 4.83. The largest absolute Gasteiger partial charge is 0.328 e. The fraction of sp³-hybridized carbons (Fsp3) is 1.00. The summed E-state index contributed by atoms with van der Waals surface area (Å²) in [6, 6.07) is 1.000. The summed E-state index contributed by atoms with van der Waals surface area (Å²) in [5, 5.41) is 0. The van der Waals surface area contributed by atoms with Gasteiger partial charge in [0.25, 0.3) is 0 Å². The quantitative estimate of drug-likeness (QED) is 0.682. The number of rotatable bonds is 0. The van der Waals surface area contributed by atoms with Crippen LogP contribution in [0, 0.1) is 17.8 Å². The molecule has 0 aromatic heterocycles. The second kappa shape index (κ2) is 7.38. The van der Waals surface area contributed by atoms with Gasteiger partial charge < -0.3 is 11.5 Å². The highest BCUT2D eigenvalue weighted by Crippen LogP contribution is 2.27. The van der Waals surface area contributed by atoms with E-state index in [2.05, 4.69) is 20.8 Å². The van der Waals surface area contributed by atoms with Gasteiger partial charge in [-0.25, -0.2) is 0 Å². The number of hydrogen-bond donors (Lipinski definition) is 2. The molecule has 3 atom stereocenters. The summed E-state index contributed by atoms with van der Waals surface area (Å²) < 4.78 is 0. The molecular formula is C15H32N2. The second-order valence-electron chi connectivity index (χ2n) is 6.45. The van der Waals surface area contributed by atoms with Crippen molar-refractivity contribution in [2.24, 2.45) is 29.2 Å². The third kappa shape index (κ3) is 5.39. The van der Waals surface area contributed by atoms with Gasteiger partial charge in [-0.05, 0) is 49.9 Å². The Bertz CT molecular complexity index is 177. The van der Waals surface area contributed by atoms with Crippen LogP contribution in [0.25, 0.3) is 0 Å². The van der Waals surface area contributed by atoms with Crippen molar-refractivity contribution in [3.8, 4) is 0 Å². The van der Waals surface area contributed by atoms with Crippen LogP contribution in [0.1, 0.15) is 65.7 Å². The maximum absolute atomic E-state index is 5.87. The average Bonchev–Trinajstić information content (AvgIpc) is 2.31. The van der Waals surface area contributed by atoms with Crippen LogP contribution in [-0.2, 0) is 0 Å². The van der Waals surface area contributed by atoms with Gasteiger partial charge in [-0.2, -0.15) is 0 Å². The minimum Gasteiger partial charge on any atom is -0.328 e. The Labute approximate surface area is 108 Å². The molecule has 0 heterocycles. The summed E-state index contributed by atoms with van der Waals surface area (Å²) in [6.07, 6.45) is 9.16. The Hall–Kier alpha value is -0.0800. The zero-order valence-corrected chi connectivity index (χ0v) is 12.0. The molecule has 0 aromatic rings. The number of hydrogen-bond acceptors (Lipinski definition) is 2. The summed E-state index contributed by atoms with van der Waals surface area (Å²) in [6.45, 7) is 6.89. The Kier molecular flexibility index (Phi) is 6.50. The molecule has 2 aliphatic carbocycles. The molecule has 0 amide bonds. The molecule has 2 aliphatic rings. The molecule has 0 aliphatic heterocycles. The highest BCUT2D eigenvalue weighted by Gasteiger charge is 2.23. The van der Waals surface area contributed by atoms with Crippen molar-refractivity contribution >= 4 is 0 Å². The molecule has 2 heteroatoms. The van der Waals surface area contributed by atoms with Crippen molar-refractivity contribution in [1.29, 1.82) is 0 Å². The minimum atomic E-state index is 0.480. The van der Waals surface area contributed by atoms with E-state index in [4.69, 9.17) is 11.5 Å². The molecule has 0 radical (unpaired) electrons. The van der Waals surface area contributed by atoms with Crippen molar-refractivity contribution in [2.75, 3.05) is 0 Å². The topological polar surface area (TPSA) is 52.0 Å². The zero-order chi connectivity index (χ0) is 12.8. The molecule has 2 fully saturated rings. The molecule has 0 bridgehead atoms.